The minimum atomic E-state index is -0.660. The molecule has 0 unspecified atom stereocenters. The van der Waals surface area contributed by atoms with E-state index in [0.29, 0.717) is 43.2 Å². The van der Waals surface area contributed by atoms with Crippen LogP contribution in [0.15, 0.2) is 30.3 Å². The second-order valence-corrected chi connectivity index (χ2v) is 8.00. The molecule has 2 atom stereocenters. The van der Waals surface area contributed by atoms with Gasteiger partial charge in [0, 0.05) is 18.8 Å². The van der Waals surface area contributed by atoms with Crippen molar-refractivity contribution in [2.24, 2.45) is 5.84 Å². The fraction of sp³-hybridized carbons (Fsp3) is 0.409. The minimum Gasteiger partial charge on any atom is -0.454 e. The van der Waals surface area contributed by atoms with Crippen molar-refractivity contribution < 1.29 is 19.1 Å². The highest BCUT2D eigenvalue weighted by molar-refractivity contribution is 5.90. The SMILES string of the molecule is Cc1nc(N)ccc1CNC(=O)[C@@H]1CCCN1C(=O)[C@@H](Cc1ccc2c(c1)OCO2)NN. The zero-order valence-corrected chi connectivity index (χ0v) is 18.0. The molecule has 0 bridgehead atoms. The van der Waals surface area contributed by atoms with Gasteiger partial charge in [-0.25, -0.2) is 10.4 Å². The van der Waals surface area contributed by atoms with Crippen molar-refractivity contribution in [2.75, 3.05) is 19.1 Å². The molecule has 2 aromatic rings. The Labute approximate surface area is 186 Å². The highest BCUT2D eigenvalue weighted by Gasteiger charge is 2.37. The molecule has 10 heteroatoms. The maximum atomic E-state index is 13.2. The Bertz CT molecular complexity index is 1010. The van der Waals surface area contributed by atoms with Gasteiger partial charge in [0.25, 0.3) is 0 Å². The standard InChI is InChI=1S/C22H28N6O4/c1-13-15(5-7-20(23)26-13)11-25-21(29)17-3-2-8-28(17)22(30)16(27-24)9-14-4-6-18-19(10-14)32-12-31-18/h4-7,10,16-17,27H,2-3,8-9,11-12,24H2,1H3,(H2,23,26)(H,25,29)/t16-,17+/m1/s1. The van der Waals surface area contributed by atoms with Crippen LogP contribution in [-0.4, -0.2) is 47.1 Å². The molecule has 10 nitrogen and oxygen atoms in total. The molecule has 0 aliphatic carbocycles. The van der Waals surface area contributed by atoms with Gasteiger partial charge in [-0.15, -0.1) is 0 Å². The van der Waals surface area contributed by atoms with E-state index < -0.39 is 12.1 Å². The fourth-order valence-electron chi connectivity index (χ4n) is 4.12. The van der Waals surface area contributed by atoms with Gasteiger partial charge in [-0.3, -0.25) is 15.4 Å². The van der Waals surface area contributed by atoms with Crippen LogP contribution in [0.1, 0.15) is 29.7 Å². The number of anilines is 1. The summed E-state index contributed by atoms with van der Waals surface area (Å²) in [7, 11) is 0. The van der Waals surface area contributed by atoms with Crippen molar-refractivity contribution in [3.63, 3.8) is 0 Å². The van der Waals surface area contributed by atoms with Crippen molar-refractivity contribution in [1.82, 2.24) is 20.6 Å². The number of nitrogen functional groups attached to an aromatic ring is 1. The van der Waals surface area contributed by atoms with E-state index in [0.717, 1.165) is 23.2 Å². The fourth-order valence-corrected chi connectivity index (χ4v) is 4.12. The van der Waals surface area contributed by atoms with E-state index in [2.05, 4.69) is 15.7 Å². The quantitative estimate of drug-likeness (QED) is 0.357. The zero-order chi connectivity index (χ0) is 22.7. The van der Waals surface area contributed by atoms with Gasteiger partial charge in [0.05, 0.1) is 0 Å². The van der Waals surface area contributed by atoms with Crippen molar-refractivity contribution in [3.8, 4) is 11.5 Å². The van der Waals surface area contributed by atoms with Crippen LogP contribution in [0.5, 0.6) is 11.5 Å². The number of carbonyl (C=O) groups excluding carboxylic acids is 2. The van der Waals surface area contributed by atoms with E-state index in [1.54, 1.807) is 11.0 Å². The van der Waals surface area contributed by atoms with Gasteiger partial charge in [-0.1, -0.05) is 12.1 Å². The van der Waals surface area contributed by atoms with Crippen LogP contribution < -0.4 is 31.8 Å². The molecule has 1 aromatic heterocycles. The average molecular weight is 441 g/mol. The lowest BCUT2D eigenvalue weighted by molar-refractivity contribution is -0.140. The third kappa shape index (κ3) is 4.61. The molecule has 0 spiro atoms. The molecular formula is C22H28N6O4. The third-order valence-electron chi connectivity index (χ3n) is 5.88. The molecule has 170 valence electrons. The van der Waals surface area contributed by atoms with Gasteiger partial charge >= 0.3 is 0 Å². The summed E-state index contributed by atoms with van der Waals surface area (Å²) >= 11 is 0. The summed E-state index contributed by atoms with van der Waals surface area (Å²) in [6, 6.07) is 7.89. The first kappa shape index (κ1) is 21.8. The summed E-state index contributed by atoms with van der Waals surface area (Å²) in [4.78, 5) is 31.9. The van der Waals surface area contributed by atoms with Gasteiger partial charge in [0.1, 0.15) is 17.9 Å². The number of fused-ring (bicyclic) bond motifs is 1. The normalized spacial score (nSPS) is 17.9. The van der Waals surface area contributed by atoms with Crippen molar-refractivity contribution in [3.05, 3.63) is 47.2 Å². The van der Waals surface area contributed by atoms with Crippen LogP contribution >= 0.6 is 0 Å². The number of nitrogens with one attached hydrogen (secondary N) is 2. The number of aromatic nitrogens is 1. The number of nitrogens with zero attached hydrogens (tertiary/aromatic N) is 2. The zero-order valence-electron chi connectivity index (χ0n) is 18.0. The number of hydrogen-bond donors (Lipinski definition) is 4. The number of aryl methyl sites for hydroxylation is 1. The maximum Gasteiger partial charge on any atom is 0.243 e. The van der Waals surface area contributed by atoms with Gasteiger partial charge < -0.3 is 25.4 Å². The van der Waals surface area contributed by atoms with E-state index in [9.17, 15) is 9.59 Å². The summed E-state index contributed by atoms with van der Waals surface area (Å²) < 4.78 is 10.7. The second-order valence-electron chi connectivity index (χ2n) is 8.00. The Morgan fingerprint density at radius 3 is 2.84 bits per heavy atom. The predicted octanol–water partition coefficient (Wildman–Crippen LogP) is 0.383. The number of ether oxygens (including phenoxy) is 2. The van der Waals surface area contributed by atoms with E-state index in [4.69, 9.17) is 21.1 Å². The van der Waals surface area contributed by atoms with Crippen molar-refractivity contribution in [1.29, 1.82) is 0 Å². The van der Waals surface area contributed by atoms with E-state index in [-0.39, 0.29) is 18.6 Å². The van der Waals surface area contributed by atoms with E-state index in [1.807, 2.05) is 31.2 Å². The second kappa shape index (κ2) is 9.41. The summed E-state index contributed by atoms with van der Waals surface area (Å²) in [6.07, 6.45) is 1.73. The summed E-state index contributed by atoms with van der Waals surface area (Å²) in [5.74, 6) is 7.09. The van der Waals surface area contributed by atoms with Crippen LogP contribution in [0.4, 0.5) is 5.82 Å². The highest BCUT2D eigenvalue weighted by Crippen LogP contribution is 2.33. The minimum absolute atomic E-state index is 0.187. The number of amides is 2. The Hall–Kier alpha value is -3.37. The number of likely N-dealkylation sites (tertiary alicyclic amines) is 1. The smallest absolute Gasteiger partial charge is 0.243 e. The Morgan fingerprint density at radius 1 is 1.25 bits per heavy atom. The molecule has 1 fully saturated rings. The molecule has 6 N–H and O–H groups in total. The third-order valence-corrected chi connectivity index (χ3v) is 5.88. The van der Waals surface area contributed by atoms with E-state index in [1.165, 1.54) is 0 Å². The number of carbonyl (C=O) groups is 2. The van der Waals surface area contributed by atoms with Gasteiger partial charge in [-0.2, -0.15) is 0 Å². The number of hydrazine groups is 1. The lowest BCUT2D eigenvalue weighted by Gasteiger charge is -2.28. The molecule has 1 aromatic carbocycles. The number of nitrogens with two attached hydrogens (primary N) is 2. The van der Waals surface area contributed by atoms with E-state index >= 15 is 0 Å². The first-order valence-corrected chi connectivity index (χ1v) is 10.6. The predicted molar refractivity (Wildman–Crippen MR) is 117 cm³/mol. The van der Waals surface area contributed by atoms with Gasteiger partial charge in [0.15, 0.2) is 11.5 Å². The molecule has 4 rings (SSSR count). The Kier molecular flexibility index (Phi) is 6.42. The number of rotatable bonds is 7. The van der Waals surface area contributed by atoms with Crippen LogP contribution in [0, 0.1) is 6.92 Å². The summed E-state index contributed by atoms with van der Waals surface area (Å²) in [6.45, 7) is 2.87. The Morgan fingerprint density at radius 2 is 2.06 bits per heavy atom. The monoisotopic (exact) mass is 440 g/mol. The van der Waals surface area contributed by atoms with Gasteiger partial charge in [-0.05, 0) is 55.5 Å². The molecule has 2 amide bonds. The number of hydrogen-bond acceptors (Lipinski definition) is 8. The average Bonchev–Trinajstić information content (AvgIpc) is 3.45. The molecular weight excluding hydrogens is 412 g/mol. The molecule has 2 aliphatic rings. The largest absolute Gasteiger partial charge is 0.454 e. The van der Waals surface area contributed by atoms with Crippen LogP contribution in [-0.2, 0) is 22.6 Å². The maximum absolute atomic E-state index is 13.2. The first-order valence-electron chi connectivity index (χ1n) is 10.6. The van der Waals surface area contributed by atoms with Crippen molar-refractivity contribution >= 4 is 17.6 Å². The lowest BCUT2D eigenvalue weighted by atomic mass is 10.0. The molecule has 3 heterocycles. The molecule has 32 heavy (non-hydrogen) atoms. The van der Waals surface area contributed by atoms with Crippen LogP contribution in [0.2, 0.25) is 0 Å². The van der Waals surface area contributed by atoms with Crippen LogP contribution in [0.25, 0.3) is 0 Å². The summed E-state index contributed by atoms with van der Waals surface area (Å²) in [5.41, 5.74) is 10.8. The van der Waals surface area contributed by atoms with Crippen molar-refractivity contribution in [2.45, 2.75) is 44.8 Å². The molecule has 1 saturated heterocycles. The number of benzene rings is 1. The summed E-state index contributed by atoms with van der Waals surface area (Å²) in [5, 5.41) is 2.93. The van der Waals surface area contributed by atoms with Crippen LogP contribution in [0.3, 0.4) is 0 Å². The lowest BCUT2D eigenvalue weighted by Crippen LogP contribution is -2.54. The molecule has 2 aliphatic heterocycles. The number of pyridine rings is 1. The molecule has 0 radical (unpaired) electrons. The topological polar surface area (TPSA) is 145 Å². The first-order chi connectivity index (χ1) is 15.5. The van der Waals surface area contributed by atoms with Gasteiger partial charge in [0.2, 0.25) is 18.6 Å². The highest BCUT2D eigenvalue weighted by atomic mass is 16.7. The Balaban J connectivity index is 1.39. The molecule has 0 saturated carbocycles.